The quantitative estimate of drug-likeness (QED) is 0.597. The number of hydrogen-bond acceptors (Lipinski definition) is 4. The summed E-state index contributed by atoms with van der Waals surface area (Å²) >= 11 is 1.82. The Balaban J connectivity index is 2.49. The summed E-state index contributed by atoms with van der Waals surface area (Å²) in [5, 5.41) is 0. The van der Waals surface area contributed by atoms with E-state index < -0.39 is 0 Å². The molecule has 4 heteroatoms. The van der Waals surface area contributed by atoms with E-state index in [2.05, 4.69) is 0 Å². The predicted molar refractivity (Wildman–Crippen MR) is 65.4 cm³/mol. The van der Waals surface area contributed by atoms with E-state index in [1.165, 1.54) is 5.56 Å². The largest absolute Gasteiger partial charge is 0.497 e. The topological polar surface area (TPSA) is 44.5 Å². The van der Waals surface area contributed by atoms with Crippen LogP contribution in [0, 0.1) is 0 Å². The molecule has 1 aromatic rings. The minimum atomic E-state index is 0.747. The van der Waals surface area contributed by atoms with Crippen molar-refractivity contribution in [2.75, 3.05) is 32.3 Å². The van der Waals surface area contributed by atoms with E-state index in [1.54, 1.807) is 14.2 Å². The van der Waals surface area contributed by atoms with Crippen LogP contribution in [0.15, 0.2) is 18.2 Å². The first-order valence-corrected chi connectivity index (χ1v) is 5.92. The van der Waals surface area contributed by atoms with E-state index in [4.69, 9.17) is 15.2 Å². The second-order valence-corrected chi connectivity index (χ2v) is 4.26. The Hall–Kier alpha value is -0.870. The molecule has 2 N–H and O–H groups in total. The Bertz CT molecular complexity index is 305. The normalized spacial score (nSPS) is 10.3. The smallest absolute Gasteiger partial charge is 0.121 e. The number of nitrogen functional groups attached to an aromatic ring is 1. The van der Waals surface area contributed by atoms with Gasteiger partial charge < -0.3 is 15.2 Å². The van der Waals surface area contributed by atoms with Crippen molar-refractivity contribution in [3.05, 3.63) is 23.8 Å². The summed E-state index contributed by atoms with van der Waals surface area (Å²) in [5.74, 6) is 2.75. The highest BCUT2D eigenvalue weighted by atomic mass is 32.2. The Labute approximate surface area is 94.9 Å². The number of nitrogens with two attached hydrogens (primary N) is 1. The lowest BCUT2D eigenvalue weighted by atomic mass is 10.2. The summed E-state index contributed by atoms with van der Waals surface area (Å²) in [6, 6.07) is 5.81. The van der Waals surface area contributed by atoms with Crippen LogP contribution < -0.4 is 10.5 Å². The number of rotatable bonds is 6. The Morgan fingerprint density at radius 3 is 2.73 bits per heavy atom. The van der Waals surface area contributed by atoms with Crippen LogP contribution in [0.4, 0.5) is 5.69 Å². The van der Waals surface area contributed by atoms with Gasteiger partial charge in [-0.25, -0.2) is 0 Å². The van der Waals surface area contributed by atoms with Crippen LogP contribution in [-0.4, -0.2) is 26.6 Å². The summed E-state index contributed by atoms with van der Waals surface area (Å²) in [4.78, 5) is 0. The molecule has 0 aliphatic carbocycles. The van der Waals surface area contributed by atoms with Crippen molar-refractivity contribution in [1.29, 1.82) is 0 Å². The van der Waals surface area contributed by atoms with Crippen LogP contribution in [0.25, 0.3) is 0 Å². The minimum absolute atomic E-state index is 0.747. The van der Waals surface area contributed by atoms with Gasteiger partial charge in [-0.15, -0.1) is 0 Å². The Kier molecular flexibility index (Phi) is 5.36. The molecule has 0 heterocycles. The molecule has 3 nitrogen and oxygen atoms in total. The number of thioether (sulfide) groups is 1. The molecule has 0 unspecified atom stereocenters. The molecule has 0 aliphatic heterocycles. The molecule has 0 fully saturated rings. The molecule has 0 saturated carbocycles. The van der Waals surface area contributed by atoms with Crippen molar-refractivity contribution >= 4 is 17.4 Å². The van der Waals surface area contributed by atoms with Gasteiger partial charge in [-0.05, 0) is 17.7 Å². The van der Waals surface area contributed by atoms with Gasteiger partial charge in [-0.1, -0.05) is 0 Å². The molecular weight excluding hydrogens is 210 g/mol. The fourth-order valence-electron chi connectivity index (χ4n) is 1.22. The fraction of sp³-hybridized carbons (Fsp3) is 0.455. The van der Waals surface area contributed by atoms with Crippen molar-refractivity contribution in [3.63, 3.8) is 0 Å². The summed E-state index contributed by atoms with van der Waals surface area (Å²) in [6.07, 6.45) is 0. The zero-order valence-electron chi connectivity index (χ0n) is 9.16. The second-order valence-electron chi connectivity index (χ2n) is 3.16. The van der Waals surface area contributed by atoms with Crippen LogP contribution in [-0.2, 0) is 10.5 Å². The molecule has 1 aromatic carbocycles. The molecule has 0 saturated heterocycles. The lowest BCUT2D eigenvalue weighted by Gasteiger charge is -2.06. The maximum absolute atomic E-state index is 5.75. The molecule has 1 rings (SSSR count). The maximum atomic E-state index is 5.75. The van der Waals surface area contributed by atoms with Gasteiger partial charge in [0.15, 0.2) is 0 Å². The zero-order valence-corrected chi connectivity index (χ0v) is 9.97. The van der Waals surface area contributed by atoms with E-state index in [9.17, 15) is 0 Å². The Morgan fingerprint density at radius 1 is 1.27 bits per heavy atom. The first kappa shape index (κ1) is 12.2. The fourth-order valence-corrected chi connectivity index (χ4v) is 2.05. The van der Waals surface area contributed by atoms with Gasteiger partial charge in [0.05, 0.1) is 13.7 Å². The van der Waals surface area contributed by atoms with Crippen molar-refractivity contribution in [2.45, 2.75) is 5.75 Å². The number of anilines is 1. The van der Waals surface area contributed by atoms with Crippen molar-refractivity contribution < 1.29 is 9.47 Å². The number of benzene rings is 1. The molecule has 15 heavy (non-hydrogen) atoms. The van der Waals surface area contributed by atoms with E-state index in [1.807, 2.05) is 30.0 Å². The van der Waals surface area contributed by atoms with Crippen molar-refractivity contribution in [2.24, 2.45) is 0 Å². The third-order valence-corrected chi connectivity index (χ3v) is 2.92. The lowest BCUT2D eigenvalue weighted by Crippen LogP contribution is -1.94. The molecule has 0 atom stereocenters. The van der Waals surface area contributed by atoms with E-state index in [0.717, 1.165) is 29.5 Å². The third kappa shape index (κ3) is 4.44. The highest BCUT2D eigenvalue weighted by molar-refractivity contribution is 7.98. The van der Waals surface area contributed by atoms with Crippen LogP contribution in [0.5, 0.6) is 5.75 Å². The van der Waals surface area contributed by atoms with E-state index in [-0.39, 0.29) is 0 Å². The van der Waals surface area contributed by atoms with Crippen LogP contribution in [0.2, 0.25) is 0 Å². The zero-order chi connectivity index (χ0) is 11.1. The van der Waals surface area contributed by atoms with Crippen molar-refractivity contribution in [3.8, 4) is 5.75 Å². The molecule has 0 aliphatic rings. The molecule has 0 radical (unpaired) electrons. The van der Waals surface area contributed by atoms with Gasteiger partial charge in [0, 0.05) is 30.4 Å². The molecule has 0 aromatic heterocycles. The highest BCUT2D eigenvalue weighted by Crippen LogP contribution is 2.21. The first-order chi connectivity index (χ1) is 7.26. The first-order valence-electron chi connectivity index (χ1n) is 4.76. The summed E-state index contributed by atoms with van der Waals surface area (Å²) in [5.41, 5.74) is 7.69. The van der Waals surface area contributed by atoms with Gasteiger partial charge >= 0.3 is 0 Å². The number of ether oxygens (including phenoxy) is 2. The van der Waals surface area contributed by atoms with Crippen LogP contribution in [0.1, 0.15) is 5.56 Å². The van der Waals surface area contributed by atoms with Crippen LogP contribution in [0.3, 0.4) is 0 Å². The summed E-state index contributed by atoms with van der Waals surface area (Å²) in [6.45, 7) is 0.782. The van der Waals surface area contributed by atoms with Gasteiger partial charge in [-0.3, -0.25) is 0 Å². The van der Waals surface area contributed by atoms with Crippen molar-refractivity contribution in [1.82, 2.24) is 0 Å². The monoisotopic (exact) mass is 227 g/mol. The number of hydrogen-bond donors (Lipinski definition) is 1. The van der Waals surface area contributed by atoms with Gasteiger partial charge in [0.25, 0.3) is 0 Å². The molecule has 0 amide bonds. The molecule has 84 valence electrons. The molecule has 0 spiro atoms. The lowest BCUT2D eigenvalue weighted by molar-refractivity contribution is 0.218. The van der Waals surface area contributed by atoms with Gasteiger partial charge in [0.2, 0.25) is 0 Å². The maximum Gasteiger partial charge on any atom is 0.121 e. The molecular formula is C11H17NO2S. The standard InChI is InChI=1S/C11H17NO2S/c1-13-3-4-15-8-9-5-10(12)7-11(6-9)14-2/h5-7H,3-4,8,12H2,1-2H3. The van der Waals surface area contributed by atoms with E-state index in [0.29, 0.717) is 0 Å². The van der Waals surface area contributed by atoms with Gasteiger partial charge in [-0.2, -0.15) is 11.8 Å². The summed E-state index contributed by atoms with van der Waals surface area (Å²) < 4.78 is 10.1. The third-order valence-electron chi connectivity index (χ3n) is 1.92. The van der Waals surface area contributed by atoms with Crippen LogP contribution >= 0.6 is 11.8 Å². The summed E-state index contributed by atoms with van der Waals surface area (Å²) in [7, 11) is 3.36. The average Bonchev–Trinajstić information content (AvgIpc) is 2.23. The minimum Gasteiger partial charge on any atom is -0.497 e. The predicted octanol–water partition coefficient (Wildman–Crippen LogP) is 2.16. The van der Waals surface area contributed by atoms with E-state index >= 15 is 0 Å². The Morgan fingerprint density at radius 2 is 2.07 bits per heavy atom. The number of methoxy groups -OCH3 is 2. The SMILES string of the molecule is COCCSCc1cc(N)cc(OC)c1. The average molecular weight is 227 g/mol. The highest BCUT2D eigenvalue weighted by Gasteiger charge is 1.99. The molecule has 0 bridgehead atoms. The second kappa shape index (κ2) is 6.58. The van der Waals surface area contributed by atoms with Gasteiger partial charge in [0.1, 0.15) is 5.75 Å².